The molecule has 2 saturated heterocycles. The first-order valence-corrected chi connectivity index (χ1v) is 7.81. The molecule has 1 aromatic rings. The molecule has 2 fully saturated rings. The Hall–Kier alpha value is -1.73. The van der Waals surface area contributed by atoms with E-state index in [9.17, 15) is 10.1 Å². The zero-order valence-electron chi connectivity index (χ0n) is 11.9. The van der Waals surface area contributed by atoms with Crippen molar-refractivity contribution in [2.75, 3.05) is 24.5 Å². The Bertz CT molecular complexity index is 596. The normalized spacial score (nSPS) is 22.5. The van der Waals surface area contributed by atoms with Crippen LogP contribution in [0.4, 0.5) is 5.69 Å². The summed E-state index contributed by atoms with van der Waals surface area (Å²) in [6, 6.07) is 7.89. The molecule has 0 unspecified atom stereocenters. The molecule has 0 spiro atoms. The number of nitrogens with zero attached hydrogens (tertiary/aromatic N) is 3. The van der Waals surface area contributed by atoms with Gasteiger partial charge in [-0.2, -0.15) is 5.26 Å². The summed E-state index contributed by atoms with van der Waals surface area (Å²) in [7, 11) is 0. The molecule has 2 heterocycles. The van der Waals surface area contributed by atoms with Gasteiger partial charge < -0.3 is 9.80 Å². The summed E-state index contributed by atoms with van der Waals surface area (Å²) < 4.78 is 0. The van der Waals surface area contributed by atoms with Gasteiger partial charge >= 0.3 is 0 Å². The Morgan fingerprint density at radius 1 is 1.29 bits per heavy atom. The second-order valence-electron chi connectivity index (χ2n) is 5.68. The van der Waals surface area contributed by atoms with Crippen LogP contribution in [0, 0.1) is 11.3 Å². The third-order valence-electron chi connectivity index (χ3n) is 4.37. The summed E-state index contributed by atoms with van der Waals surface area (Å²) in [4.78, 5) is 16.1. The van der Waals surface area contributed by atoms with Crippen molar-refractivity contribution in [3.05, 3.63) is 28.8 Å². The summed E-state index contributed by atoms with van der Waals surface area (Å²) in [6.07, 6.45) is 3.69. The second-order valence-corrected chi connectivity index (χ2v) is 6.09. The van der Waals surface area contributed by atoms with Crippen LogP contribution in [0.25, 0.3) is 0 Å². The minimum absolute atomic E-state index is 0.247. The lowest BCUT2D eigenvalue weighted by Crippen LogP contribution is -2.48. The molecule has 0 N–H and O–H groups in total. The molecule has 5 heteroatoms. The Labute approximate surface area is 129 Å². The Balaban J connectivity index is 1.84. The quantitative estimate of drug-likeness (QED) is 0.844. The van der Waals surface area contributed by atoms with Crippen LogP contribution in [-0.2, 0) is 4.79 Å². The minimum atomic E-state index is 0.247. The summed E-state index contributed by atoms with van der Waals surface area (Å²) in [5.41, 5.74) is 1.42. The molecule has 2 aliphatic heterocycles. The van der Waals surface area contributed by atoms with E-state index < -0.39 is 0 Å². The zero-order chi connectivity index (χ0) is 14.8. The van der Waals surface area contributed by atoms with Gasteiger partial charge in [-0.3, -0.25) is 4.79 Å². The SMILES string of the molecule is N#Cc1cccc(Cl)c1N1CCC[C@@H](N2CCCC2=O)C1. The molecular formula is C16H18ClN3O. The number of hydrogen-bond donors (Lipinski definition) is 0. The first kappa shape index (κ1) is 14.2. The average molecular weight is 304 g/mol. The van der Waals surface area contributed by atoms with Crippen molar-refractivity contribution in [2.24, 2.45) is 0 Å². The van der Waals surface area contributed by atoms with Crippen molar-refractivity contribution in [1.82, 2.24) is 4.90 Å². The summed E-state index contributed by atoms with van der Waals surface area (Å²) in [5.74, 6) is 0.265. The Kier molecular flexibility index (Phi) is 4.03. The maximum atomic E-state index is 11.9. The Morgan fingerprint density at radius 3 is 2.86 bits per heavy atom. The van der Waals surface area contributed by atoms with Gasteiger partial charge in [0, 0.05) is 32.1 Å². The van der Waals surface area contributed by atoms with E-state index in [0.29, 0.717) is 17.0 Å². The van der Waals surface area contributed by atoms with E-state index >= 15 is 0 Å². The average Bonchev–Trinajstić information content (AvgIpc) is 2.93. The topological polar surface area (TPSA) is 47.3 Å². The highest BCUT2D eigenvalue weighted by molar-refractivity contribution is 6.33. The molecule has 0 bridgehead atoms. The molecular weight excluding hydrogens is 286 g/mol. The van der Waals surface area contributed by atoms with Crippen molar-refractivity contribution < 1.29 is 4.79 Å². The molecule has 4 nitrogen and oxygen atoms in total. The van der Waals surface area contributed by atoms with Crippen LogP contribution in [0.3, 0.4) is 0 Å². The molecule has 110 valence electrons. The van der Waals surface area contributed by atoms with Crippen molar-refractivity contribution in [1.29, 1.82) is 5.26 Å². The van der Waals surface area contributed by atoms with Crippen LogP contribution in [-0.4, -0.2) is 36.5 Å². The number of likely N-dealkylation sites (tertiary alicyclic amines) is 1. The van der Waals surface area contributed by atoms with Gasteiger partial charge in [0.1, 0.15) is 6.07 Å². The van der Waals surface area contributed by atoms with Gasteiger partial charge in [-0.25, -0.2) is 0 Å². The fourth-order valence-electron chi connectivity index (χ4n) is 3.39. The number of carbonyl (C=O) groups is 1. The zero-order valence-corrected chi connectivity index (χ0v) is 12.6. The van der Waals surface area contributed by atoms with Gasteiger partial charge in [0.2, 0.25) is 5.91 Å². The van der Waals surface area contributed by atoms with Gasteiger partial charge in [0.05, 0.1) is 16.3 Å². The molecule has 0 aliphatic carbocycles. The highest BCUT2D eigenvalue weighted by Crippen LogP contribution is 2.33. The summed E-state index contributed by atoms with van der Waals surface area (Å²) in [5, 5.41) is 9.91. The molecule has 0 aromatic heterocycles. The molecule has 1 atom stereocenters. The highest BCUT2D eigenvalue weighted by Gasteiger charge is 2.32. The number of carbonyl (C=O) groups excluding carboxylic acids is 1. The van der Waals surface area contributed by atoms with E-state index in [-0.39, 0.29) is 11.9 Å². The number of para-hydroxylation sites is 1. The van der Waals surface area contributed by atoms with Crippen LogP contribution in [0.5, 0.6) is 0 Å². The van der Waals surface area contributed by atoms with Crippen molar-refractivity contribution in [3.8, 4) is 6.07 Å². The first-order valence-electron chi connectivity index (χ1n) is 7.43. The number of piperidine rings is 1. The first-order chi connectivity index (χ1) is 10.2. The lowest BCUT2D eigenvalue weighted by Gasteiger charge is -2.39. The second kappa shape index (κ2) is 5.95. The van der Waals surface area contributed by atoms with Gasteiger partial charge in [-0.15, -0.1) is 0 Å². The monoisotopic (exact) mass is 303 g/mol. The lowest BCUT2D eigenvalue weighted by atomic mass is 10.0. The predicted molar refractivity (Wildman–Crippen MR) is 82.3 cm³/mol. The molecule has 0 radical (unpaired) electrons. The molecule has 1 amide bonds. The fraction of sp³-hybridized carbons (Fsp3) is 0.500. The highest BCUT2D eigenvalue weighted by atomic mass is 35.5. The smallest absolute Gasteiger partial charge is 0.222 e. The van der Waals surface area contributed by atoms with Crippen molar-refractivity contribution >= 4 is 23.2 Å². The molecule has 0 saturated carbocycles. The molecule has 21 heavy (non-hydrogen) atoms. The number of nitriles is 1. The largest absolute Gasteiger partial charge is 0.367 e. The minimum Gasteiger partial charge on any atom is -0.367 e. The van der Waals surface area contributed by atoms with Gasteiger partial charge in [-0.05, 0) is 31.4 Å². The van der Waals surface area contributed by atoms with Gasteiger partial charge in [-0.1, -0.05) is 17.7 Å². The van der Waals surface area contributed by atoms with Gasteiger partial charge in [0.25, 0.3) is 0 Å². The van der Waals surface area contributed by atoms with E-state index in [4.69, 9.17) is 11.6 Å². The fourth-order valence-corrected chi connectivity index (χ4v) is 3.69. The molecule has 1 aromatic carbocycles. The summed E-state index contributed by atoms with van der Waals surface area (Å²) in [6.45, 7) is 2.52. The third kappa shape index (κ3) is 2.71. The van der Waals surface area contributed by atoms with Crippen LogP contribution in [0.1, 0.15) is 31.2 Å². The number of halogens is 1. The van der Waals surface area contributed by atoms with Gasteiger partial charge in [0.15, 0.2) is 0 Å². The number of amides is 1. The van der Waals surface area contributed by atoms with Crippen LogP contribution < -0.4 is 4.90 Å². The Morgan fingerprint density at radius 2 is 2.14 bits per heavy atom. The predicted octanol–water partition coefficient (Wildman–Crippen LogP) is 2.80. The van der Waals surface area contributed by atoms with E-state index in [0.717, 1.165) is 44.6 Å². The number of benzene rings is 1. The van der Waals surface area contributed by atoms with E-state index in [1.807, 2.05) is 11.0 Å². The van der Waals surface area contributed by atoms with E-state index in [1.54, 1.807) is 12.1 Å². The number of anilines is 1. The number of hydrogen-bond acceptors (Lipinski definition) is 3. The molecule has 2 aliphatic rings. The standard InChI is InChI=1S/C16H18ClN3O/c17-14-6-1-4-12(10-18)16(14)19-8-2-5-13(11-19)20-9-3-7-15(20)21/h1,4,6,13H,2-3,5,7-9,11H2/t13-/m1/s1. The van der Waals surface area contributed by atoms with E-state index in [1.165, 1.54) is 0 Å². The maximum Gasteiger partial charge on any atom is 0.222 e. The van der Waals surface area contributed by atoms with E-state index in [2.05, 4.69) is 11.0 Å². The summed E-state index contributed by atoms with van der Waals surface area (Å²) >= 11 is 6.30. The maximum absolute atomic E-state index is 11.9. The number of rotatable bonds is 2. The lowest BCUT2D eigenvalue weighted by molar-refractivity contribution is -0.129. The van der Waals surface area contributed by atoms with Crippen molar-refractivity contribution in [3.63, 3.8) is 0 Å². The molecule has 3 rings (SSSR count). The van der Waals surface area contributed by atoms with Crippen LogP contribution in [0.2, 0.25) is 5.02 Å². The third-order valence-corrected chi connectivity index (χ3v) is 4.68. The van der Waals surface area contributed by atoms with Crippen LogP contribution in [0.15, 0.2) is 18.2 Å². The van der Waals surface area contributed by atoms with Crippen LogP contribution >= 0.6 is 11.6 Å². The van der Waals surface area contributed by atoms with Crippen molar-refractivity contribution in [2.45, 2.75) is 31.7 Å².